The Kier molecular flexibility index (Phi) is 4.90. The summed E-state index contributed by atoms with van der Waals surface area (Å²) in [5, 5.41) is 32.1. The zero-order chi connectivity index (χ0) is 13.8. The molecule has 106 valence electrons. The minimum absolute atomic E-state index is 0.507. The lowest BCUT2D eigenvalue weighted by atomic mass is 9.99. The average molecular weight is 267 g/mol. The molecule has 0 aliphatic carbocycles. The molecule has 1 fully saturated rings. The van der Waals surface area contributed by atoms with Gasteiger partial charge in [0.2, 0.25) is 0 Å². The molecule has 5 atom stereocenters. The number of hydrogen-bond donors (Lipinski definition) is 4. The normalized spacial score (nSPS) is 35.3. The van der Waals surface area contributed by atoms with Crippen LogP contribution in [0.5, 0.6) is 0 Å². The Hall–Kier alpha value is -0.980. The van der Waals surface area contributed by atoms with Gasteiger partial charge in [-0.15, -0.1) is 0 Å². The van der Waals surface area contributed by atoms with E-state index in [0.717, 1.165) is 6.42 Å². The summed E-state index contributed by atoms with van der Waals surface area (Å²) in [5.74, 6) is 0. The van der Waals surface area contributed by atoms with Crippen LogP contribution in [-0.2, 0) is 11.2 Å². The van der Waals surface area contributed by atoms with Gasteiger partial charge >= 0.3 is 0 Å². The third-order valence-corrected chi connectivity index (χ3v) is 3.45. The monoisotopic (exact) mass is 267 g/mol. The van der Waals surface area contributed by atoms with E-state index in [1.54, 1.807) is 6.92 Å². The quantitative estimate of drug-likeness (QED) is 0.599. The highest BCUT2D eigenvalue weighted by Gasteiger charge is 2.41. The van der Waals surface area contributed by atoms with Gasteiger partial charge in [-0.2, -0.15) is 0 Å². The number of hydrogen-bond acceptors (Lipinski definition) is 5. The molecule has 5 nitrogen and oxygen atoms in total. The molecule has 0 unspecified atom stereocenters. The summed E-state index contributed by atoms with van der Waals surface area (Å²) in [6, 6.07) is 9.97. The molecule has 5 heteroatoms. The van der Waals surface area contributed by atoms with Crippen LogP contribution in [0.15, 0.2) is 30.3 Å². The molecule has 0 saturated carbocycles. The Labute approximate surface area is 112 Å². The van der Waals surface area contributed by atoms with Gasteiger partial charge in [-0.05, 0) is 18.9 Å². The van der Waals surface area contributed by atoms with E-state index in [1.807, 2.05) is 30.3 Å². The first kappa shape index (κ1) is 14.4. The van der Waals surface area contributed by atoms with Crippen LogP contribution in [0.1, 0.15) is 12.5 Å². The average Bonchev–Trinajstić information content (AvgIpc) is 2.43. The summed E-state index contributed by atoms with van der Waals surface area (Å²) in [4.78, 5) is 0. The van der Waals surface area contributed by atoms with Gasteiger partial charge in [0, 0.05) is 6.54 Å². The molecule has 1 aromatic rings. The second-order valence-electron chi connectivity index (χ2n) is 4.92. The minimum atomic E-state index is -1.18. The van der Waals surface area contributed by atoms with Crippen molar-refractivity contribution in [2.24, 2.45) is 0 Å². The van der Waals surface area contributed by atoms with Gasteiger partial charge in [0.15, 0.2) is 0 Å². The fourth-order valence-corrected chi connectivity index (χ4v) is 2.22. The van der Waals surface area contributed by atoms with Gasteiger partial charge in [-0.1, -0.05) is 30.3 Å². The van der Waals surface area contributed by atoms with Gasteiger partial charge < -0.3 is 20.1 Å². The molecule has 0 radical (unpaired) electrons. The van der Waals surface area contributed by atoms with Gasteiger partial charge in [0.05, 0.1) is 6.10 Å². The van der Waals surface area contributed by atoms with Crippen LogP contribution < -0.4 is 5.32 Å². The maximum absolute atomic E-state index is 9.83. The molecule has 4 N–H and O–H groups in total. The lowest BCUT2D eigenvalue weighted by Crippen LogP contribution is -2.61. The van der Waals surface area contributed by atoms with Crippen LogP contribution in [0.4, 0.5) is 0 Å². The number of aliphatic hydroxyl groups is 3. The lowest BCUT2D eigenvalue weighted by Gasteiger charge is -2.39. The summed E-state index contributed by atoms with van der Waals surface area (Å²) in [6.07, 6.45) is -3.72. The predicted molar refractivity (Wildman–Crippen MR) is 70.5 cm³/mol. The van der Waals surface area contributed by atoms with Crippen molar-refractivity contribution in [1.29, 1.82) is 0 Å². The second-order valence-corrected chi connectivity index (χ2v) is 4.92. The van der Waals surface area contributed by atoms with Crippen LogP contribution in [0, 0.1) is 0 Å². The summed E-state index contributed by atoms with van der Waals surface area (Å²) in [5.41, 5.74) is 1.19. The maximum Gasteiger partial charge on any atom is 0.137 e. The Morgan fingerprint density at radius 3 is 2.42 bits per heavy atom. The molecule has 19 heavy (non-hydrogen) atoms. The summed E-state index contributed by atoms with van der Waals surface area (Å²) in [7, 11) is 0. The predicted octanol–water partition coefficient (Wildman–Crippen LogP) is -0.354. The van der Waals surface area contributed by atoms with E-state index in [2.05, 4.69) is 5.32 Å². The van der Waals surface area contributed by atoms with Crippen LogP contribution in [0.3, 0.4) is 0 Å². The van der Waals surface area contributed by atoms with Crippen LogP contribution in [0.2, 0.25) is 0 Å². The molecule has 0 bridgehead atoms. The first-order valence-corrected chi connectivity index (χ1v) is 6.56. The summed E-state index contributed by atoms with van der Waals surface area (Å²) < 4.78 is 5.45. The largest absolute Gasteiger partial charge is 0.388 e. The fraction of sp³-hybridized carbons (Fsp3) is 0.571. The van der Waals surface area contributed by atoms with Crippen molar-refractivity contribution in [1.82, 2.24) is 5.32 Å². The van der Waals surface area contributed by atoms with E-state index in [-0.39, 0.29) is 0 Å². The third-order valence-electron chi connectivity index (χ3n) is 3.45. The number of aliphatic hydroxyl groups excluding tert-OH is 3. The van der Waals surface area contributed by atoms with Crippen molar-refractivity contribution in [2.45, 2.75) is 44.0 Å². The second kappa shape index (κ2) is 6.45. The number of ether oxygens (including phenoxy) is 1. The molecule has 0 amide bonds. The smallest absolute Gasteiger partial charge is 0.137 e. The standard InChI is InChI=1S/C14H21NO4/c1-9-11(16)12(17)13(18)14(19-9)15-8-7-10-5-3-2-4-6-10/h2-6,9,11-18H,7-8H2,1H3/t9-,11-,12+,13+,14-/m0/s1. The summed E-state index contributed by atoms with van der Waals surface area (Å²) >= 11 is 0. The van der Waals surface area contributed by atoms with Gasteiger partial charge in [0.1, 0.15) is 24.5 Å². The van der Waals surface area contributed by atoms with Crippen LogP contribution in [-0.4, -0.2) is 52.5 Å². The first-order valence-electron chi connectivity index (χ1n) is 6.56. The molecule has 2 rings (SSSR count). The Balaban J connectivity index is 1.82. The van der Waals surface area contributed by atoms with E-state index >= 15 is 0 Å². The molecule has 1 saturated heterocycles. The molecular weight excluding hydrogens is 246 g/mol. The van der Waals surface area contributed by atoms with Crippen molar-refractivity contribution in [3.05, 3.63) is 35.9 Å². The van der Waals surface area contributed by atoms with E-state index in [9.17, 15) is 15.3 Å². The highest BCUT2D eigenvalue weighted by atomic mass is 16.5. The first-order chi connectivity index (χ1) is 9.09. The van der Waals surface area contributed by atoms with Crippen molar-refractivity contribution < 1.29 is 20.1 Å². The van der Waals surface area contributed by atoms with Crippen molar-refractivity contribution in [3.8, 4) is 0 Å². The molecule has 1 heterocycles. The van der Waals surface area contributed by atoms with Crippen molar-refractivity contribution >= 4 is 0 Å². The molecule has 1 aliphatic rings. The molecule has 1 aromatic carbocycles. The van der Waals surface area contributed by atoms with Gasteiger partial charge in [-0.25, -0.2) is 0 Å². The SMILES string of the molecule is C[C@@H]1O[C@H](NCCc2ccccc2)[C@H](O)[C@H](O)[C@H]1O. The molecule has 0 aromatic heterocycles. The van der Waals surface area contributed by atoms with Crippen molar-refractivity contribution in [2.75, 3.05) is 6.54 Å². The van der Waals surface area contributed by atoms with Gasteiger partial charge in [0.25, 0.3) is 0 Å². The van der Waals surface area contributed by atoms with Crippen molar-refractivity contribution in [3.63, 3.8) is 0 Å². The minimum Gasteiger partial charge on any atom is -0.388 e. The highest BCUT2D eigenvalue weighted by Crippen LogP contribution is 2.19. The van der Waals surface area contributed by atoms with E-state index in [4.69, 9.17) is 4.74 Å². The van der Waals surface area contributed by atoms with E-state index in [0.29, 0.717) is 6.54 Å². The number of benzene rings is 1. The third kappa shape index (κ3) is 3.52. The molecule has 0 spiro atoms. The highest BCUT2D eigenvalue weighted by molar-refractivity contribution is 5.14. The summed E-state index contributed by atoms with van der Waals surface area (Å²) in [6.45, 7) is 2.30. The van der Waals surface area contributed by atoms with E-state index < -0.39 is 30.6 Å². The Morgan fingerprint density at radius 1 is 1.05 bits per heavy atom. The maximum atomic E-state index is 9.83. The zero-order valence-electron chi connectivity index (χ0n) is 10.9. The van der Waals surface area contributed by atoms with E-state index in [1.165, 1.54) is 5.56 Å². The zero-order valence-corrected chi connectivity index (χ0v) is 10.9. The fourth-order valence-electron chi connectivity index (χ4n) is 2.22. The Morgan fingerprint density at radius 2 is 1.74 bits per heavy atom. The van der Waals surface area contributed by atoms with Gasteiger partial charge in [-0.3, -0.25) is 5.32 Å². The molecular formula is C14H21NO4. The Bertz CT molecular complexity index is 386. The lowest BCUT2D eigenvalue weighted by molar-refractivity contribution is -0.224. The topological polar surface area (TPSA) is 82.0 Å². The number of nitrogens with one attached hydrogen (secondary N) is 1. The molecule has 1 aliphatic heterocycles. The van der Waals surface area contributed by atoms with Crippen LogP contribution in [0.25, 0.3) is 0 Å². The van der Waals surface area contributed by atoms with Crippen LogP contribution >= 0.6 is 0 Å². The number of rotatable bonds is 4.